The summed E-state index contributed by atoms with van der Waals surface area (Å²) in [6.45, 7) is 2.89. The molecule has 1 aliphatic heterocycles. The van der Waals surface area contributed by atoms with E-state index >= 15 is 0 Å². The van der Waals surface area contributed by atoms with Crippen molar-refractivity contribution in [3.8, 4) is 0 Å². The molecule has 132 valence electrons. The van der Waals surface area contributed by atoms with Crippen molar-refractivity contribution in [2.45, 2.75) is 25.9 Å². The number of rotatable bonds is 5. The number of urea groups is 1. The van der Waals surface area contributed by atoms with E-state index in [1.165, 1.54) is 12.8 Å². The average molecular weight is 379 g/mol. The van der Waals surface area contributed by atoms with Crippen molar-refractivity contribution in [2.75, 3.05) is 18.0 Å². The van der Waals surface area contributed by atoms with Gasteiger partial charge in [-0.1, -0.05) is 29.3 Å². The molecular weight excluding hydrogens is 359 g/mol. The molecule has 0 bridgehead atoms. The van der Waals surface area contributed by atoms with E-state index in [-0.39, 0.29) is 6.03 Å². The fraction of sp³-hybridized carbons (Fsp3) is 0.333. The fourth-order valence-electron chi connectivity index (χ4n) is 2.78. The van der Waals surface area contributed by atoms with Crippen LogP contribution in [-0.4, -0.2) is 24.1 Å². The van der Waals surface area contributed by atoms with E-state index in [4.69, 9.17) is 23.2 Å². The first-order valence-corrected chi connectivity index (χ1v) is 9.03. The monoisotopic (exact) mass is 378 g/mol. The number of anilines is 1. The maximum atomic E-state index is 12.0. The summed E-state index contributed by atoms with van der Waals surface area (Å²) < 4.78 is 0. The maximum absolute atomic E-state index is 12.0. The van der Waals surface area contributed by atoms with Crippen molar-refractivity contribution in [3.05, 3.63) is 57.7 Å². The van der Waals surface area contributed by atoms with Gasteiger partial charge in [-0.2, -0.15) is 0 Å². The number of nitrogens with zero attached hydrogens (tertiary/aromatic N) is 2. The van der Waals surface area contributed by atoms with Crippen LogP contribution in [0.3, 0.4) is 0 Å². The minimum atomic E-state index is -0.245. The van der Waals surface area contributed by atoms with E-state index in [0.29, 0.717) is 23.1 Å². The summed E-state index contributed by atoms with van der Waals surface area (Å²) in [6.07, 6.45) is 4.20. The number of amides is 2. The molecule has 5 nitrogen and oxygen atoms in total. The molecule has 1 aromatic carbocycles. The van der Waals surface area contributed by atoms with Gasteiger partial charge in [-0.25, -0.2) is 9.78 Å². The number of hydrogen-bond acceptors (Lipinski definition) is 3. The second-order valence-corrected chi connectivity index (χ2v) is 6.83. The summed E-state index contributed by atoms with van der Waals surface area (Å²) in [5.74, 6) is 0.977. The molecule has 1 aliphatic rings. The van der Waals surface area contributed by atoms with Gasteiger partial charge >= 0.3 is 6.03 Å². The lowest BCUT2D eigenvalue weighted by molar-refractivity contribution is 0.240. The van der Waals surface area contributed by atoms with Gasteiger partial charge < -0.3 is 15.5 Å². The van der Waals surface area contributed by atoms with Gasteiger partial charge in [-0.15, -0.1) is 0 Å². The van der Waals surface area contributed by atoms with Crippen molar-refractivity contribution in [1.82, 2.24) is 15.6 Å². The number of nitrogens with one attached hydrogen (secondary N) is 2. The van der Waals surface area contributed by atoms with Gasteiger partial charge in [-0.05, 0) is 48.2 Å². The maximum Gasteiger partial charge on any atom is 0.315 e. The number of carbonyl (C=O) groups excluding carboxylic acids is 1. The Morgan fingerprint density at radius 1 is 1.08 bits per heavy atom. The molecule has 2 heterocycles. The van der Waals surface area contributed by atoms with E-state index in [1.807, 2.05) is 12.1 Å². The van der Waals surface area contributed by atoms with Crippen molar-refractivity contribution >= 4 is 35.1 Å². The van der Waals surface area contributed by atoms with E-state index in [1.54, 1.807) is 24.4 Å². The molecule has 2 amide bonds. The Morgan fingerprint density at radius 2 is 1.84 bits per heavy atom. The largest absolute Gasteiger partial charge is 0.357 e. The lowest BCUT2D eigenvalue weighted by Gasteiger charge is -2.17. The fourth-order valence-corrected chi connectivity index (χ4v) is 3.25. The molecule has 25 heavy (non-hydrogen) atoms. The third-order valence-corrected chi connectivity index (χ3v) is 4.73. The van der Waals surface area contributed by atoms with Crippen LogP contribution in [0, 0.1) is 0 Å². The predicted octanol–water partition coefficient (Wildman–Crippen LogP) is 3.99. The summed E-state index contributed by atoms with van der Waals surface area (Å²) in [5.41, 5.74) is 1.85. The standard InChI is InChI=1S/C18H20Cl2N4O/c19-15-4-3-14(16(20)10-15)12-23-18(25)22-11-13-5-6-21-17(9-13)24-7-1-2-8-24/h3-6,9-10H,1-2,7-8,11-12H2,(H2,22,23,25). The highest BCUT2D eigenvalue weighted by atomic mass is 35.5. The van der Waals surface area contributed by atoms with E-state index in [2.05, 4.69) is 20.5 Å². The Morgan fingerprint density at radius 3 is 2.60 bits per heavy atom. The van der Waals surface area contributed by atoms with E-state index in [9.17, 15) is 4.79 Å². The highest BCUT2D eigenvalue weighted by Gasteiger charge is 2.13. The van der Waals surface area contributed by atoms with E-state index < -0.39 is 0 Å². The first kappa shape index (κ1) is 17.8. The van der Waals surface area contributed by atoms with E-state index in [0.717, 1.165) is 30.0 Å². The summed E-state index contributed by atoms with van der Waals surface area (Å²) in [6, 6.07) is 8.91. The summed E-state index contributed by atoms with van der Waals surface area (Å²) >= 11 is 12.0. The molecule has 0 atom stereocenters. The van der Waals surface area contributed by atoms with Crippen LogP contribution in [0.15, 0.2) is 36.5 Å². The topological polar surface area (TPSA) is 57.3 Å². The Hall–Kier alpha value is -1.98. The molecule has 0 unspecified atom stereocenters. The summed E-state index contributed by atoms with van der Waals surface area (Å²) in [7, 11) is 0. The molecule has 0 aliphatic carbocycles. The molecule has 2 aromatic rings. The zero-order valence-corrected chi connectivity index (χ0v) is 15.3. The highest BCUT2D eigenvalue weighted by molar-refractivity contribution is 6.35. The Labute approximate surface area is 157 Å². The molecule has 7 heteroatoms. The van der Waals surface area contributed by atoms with Gasteiger partial charge in [0.05, 0.1) is 0 Å². The zero-order chi connectivity index (χ0) is 17.6. The lowest BCUT2D eigenvalue weighted by atomic mass is 10.2. The molecular formula is C18H20Cl2N4O. The zero-order valence-electron chi connectivity index (χ0n) is 13.8. The number of pyridine rings is 1. The second kappa shape index (κ2) is 8.41. The van der Waals surface area contributed by atoms with Gasteiger partial charge in [0, 0.05) is 42.4 Å². The third kappa shape index (κ3) is 5.00. The SMILES string of the molecule is O=C(NCc1ccnc(N2CCCC2)c1)NCc1ccc(Cl)cc1Cl. The van der Waals surface area contributed by atoms with Gasteiger partial charge in [0.1, 0.15) is 5.82 Å². The van der Waals surface area contributed by atoms with Crippen molar-refractivity contribution in [1.29, 1.82) is 0 Å². The Bertz CT molecular complexity index is 748. The van der Waals surface area contributed by atoms with Crippen LogP contribution < -0.4 is 15.5 Å². The molecule has 3 rings (SSSR count). The third-order valence-electron chi connectivity index (χ3n) is 4.15. The van der Waals surface area contributed by atoms with Crippen molar-refractivity contribution in [3.63, 3.8) is 0 Å². The normalized spacial score (nSPS) is 13.8. The lowest BCUT2D eigenvalue weighted by Crippen LogP contribution is -2.34. The van der Waals surface area contributed by atoms with Gasteiger partial charge in [0.25, 0.3) is 0 Å². The molecule has 2 N–H and O–H groups in total. The Kier molecular flexibility index (Phi) is 6.00. The van der Waals surface area contributed by atoms with Crippen LogP contribution in [0.1, 0.15) is 24.0 Å². The highest BCUT2D eigenvalue weighted by Crippen LogP contribution is 2.21. The van der Waals surface area contributed by atoms with Gasteiger partial charge in [0.15, 0.2) is 0 Å². The van der Waals surface area contributed by atoms with Gasteiger partial charge in [-0.3, -0.25) is 0 Å². The summed E-state index contributed by atoms with van der Waals surface area (Å²) in [4.78, 5) is 18.7. The Balaban J connectivity index is 1.49. The van der Waals surface area contributed by atoms with Crippen molar-refractivity contribution in [2.24, 2.45) is 0 Å². The number of carbonyl (C=O) groups is 1. The first-order valence-electron chi connectivity index (χ1n) is 8.27. The molecule has 0 saturated carbocycles. The van der Waals surface area contributed by atoms with Crippen LogP contribution in [0.5, 0.6) is 0 Å². The minimum absolute atomic E-state index is 0.245. The van der Waals surface area contributed by atoms with Crippen LogP contribution in [-0.2, 0) is 13.1 Å². The molecule has 1 fully saturated rings. The van der Waals surface area contributed by atoms with Gasteiger partial charge in [0.2, 0.25) is 0 Å². The molecule has 1 saturated heterocycles. The van der Waals surface area contributed by atoms with Crippen LogP contribution in [0.25, 0.3) is 0 Å². The van der Waals surface area contributed by atoms with Crippen LogP contribution >= 0.6 is 23.2 Å². The number of benzene rings is 1. The number of aromatic nitrogens is 1. The molecule has 1 aromatic heterocycles. The second-order valence-electron chi connectivity index (χ2n) is 5.99. The average Bonchev–Trinajstić information content (AvgIpc) is 3.14. The predicted molar refractivity (Wildman–Crippen MR) is 101 cm³/mol. The first-order chi connectivity index (χ1) is 12.1. The van der Waals surface area contributed by atoms with Crippen molar-refractivity contribution < 1.29 is 4.79 Å². The number of hydrogen-bond donors (Lipinski definition) is 2. The smallest absolute Gasteiger partial charge is 0.315 e. The quantitative estimate of drug-likeness (QED) is 0.826. The molecule has 0 spiro atoms. The van der Waals surface area contributed by atoms with Crippen LogP contribution in [0.4, 0.5) is 10.6 Å². The number of halogens is 2. The molecule has 0 radical (unpaired) electrons. The van der Waals surface area contributed by atoms with Crippen LogP contribution in [0.2, 0.25) is 10.0 Å². The summed E-state index contributed by atoms with van der Waals surface area (Å²) in [5, 5.41) is 6.76. The minimum Gasteiger partial charge on any atom is -0.357 e.